The molecule has 90 valence electrons. The zero-order valence-corrected chi connectivity index (χ0v) is 9.97. The molecule has 0 unspecified atom stereocenters. The number of carboxylic acid groups (broad SMARTS) is 1. The van der Waals surface area contributed by atoms with E-state index in [4.69, 9.17) is 9.63 Å². The summed E-state index contributed by atoms with van der Waals surface area (Å²) in [4.78, 5) is 13.0. The second-order valence-corrected chi connectivity index (χ2v) is 4.20. The van der Waals surface area contributed by atoms with Crippen molar-refractivity contribution in [1.29, 1.82) is 0 Å². The zero-order valence-electron chi connectivity index (χ0n) is 9.97. The third-order valence-corrected chi connectivity index (χ3v) is 2.82. The molecule has 0 aliphatic carbocycles. The molecule has 1 aromatic heterocycles. The molecule has 0 amide bonds. The van der Waals surface area contributed by atoms with Crippen LogP contribution in [0.25, 0.3) is 11.0 Å². The minimum atomic E-state index is -1.01. The van der Waals surface area contributed by atoms with E-state index in [9.17, 15) is 4.79 Å². The quantitative estimate of drug-likeness (QED) is 0.883. The fourth-order valence-electron chi connectivity index (χ4n) is 1.62. The third kappa shape index (κ3) is 1.84. The summed E-state index contributed by atoms with van der Waals surface area (Å²) in [5.41, 5.74) is 0.459. The number of anilines is 1. The molecule has 5 heteroatoms. The van der Waals surface area contributed by atoms with Crippen LogP contribution in [0.4, 0.5) is 5.82 Å². The molecule has 2 aromatic rings. The zero-order chi connectivity index (χ0) is 12.6. The van der Waals surface area contributed by atoms with Crippen LogP contribution in [0.15, 0.2) is 22.7 Å². The predicted octanol–water partition coefficient (Wildman–Crippen LogP) is 2.37. The lowest BCUT2D eigenvalue weighted by molar-refractivity contribution is 0.0697. The summed E-state index contributed by atoms with van der Waals surface area (Å²) in [5, 5.41) is 13.7. The lowest BCUT2D eigenvalue weighted by atomic mass is 10.1. The smallest absolute Gasteiger partial charge is 0.339 e. The molecular formula is C12H14N2O3. The predicted molar refractivity (Wildman–Crippen MR) is 64.5 cm³/mol. The second-order valence-electron chi connectivity index (χ2n) is 4.20. The standard InChI is InChI=1S/C12H14N2O3/c1-7(2)14(3)11-8-5-4-6-9(12(15)16)10(8)17-13-11/h4-7H,1-3H3,(H,15,16). The summed E-state index contributed by atoms with van der Waals surface area (Å²) in [6.45, 7) is 4.06. The van der Waals surface area contributed by atoms with Crippen LogP contribution >= 0.6 is 0 Å². The van der Waals surface area contributed by atoms with E-state index >= 15 is 0 Å². The molecule has 0 atom stereocenters. The van der Waals surface area contributed by atoms with E-state index in [-0.39, 0.29) is 11.6 Å². The van der Waals surface area contributed by atoms with Gasteiger partial charge in [0.05, 0.1) is 5.39 Å². The lowest BCUT2D eigenvalue weighted by Gasteiger charge is -2.20. The van der Waals surface area contributed by atoms with Crippen LogP contribution in [-0.2, 0) is 0 Å². The van der Waals surface area contributed by atoms with Gasteiger partial charge < -0.3 is 14.5 Å². The Morgan fingerprint density at radius 1 is 1.47 bits per heavy atom. The Labute approximate surface area is 98.6 Å². The van der Waals surface area contributed by atoms with E-state index in [0.717, 1.165) is 5.39 Å². The van der Waals surface area contributed by atoms with Gasteiger partial charge in [-0.2, -0.15) is 0 Å². The molecule has 0 aliphatic heterocycles. The first-order valence-electron chi connectivity index (χ1n) is 5.37. The summed E-state index contributed by atoms with van der Waals surface area (Å²) in [7, 11) is 1.90. The Kier molecular flexibility index (Phi) is 2.75. The Balaban J connectivity index is 2.62. The Bertz CT molecular complexity index is 560. The third-order valence-electron chi connectivity index (χ3n) is 2.82. The number of carboxylic acids is 1. The normalized spacial score (nSPS) is 11.1. The van der Waals surface area contributed by atoms with E-state index in [2.05, 4.69) is 5.16 Å². The van der Waals surface area contributed by atoms with Gasteiger partial charge in [0.1, 0.15) is 5.56 Å². The maximum Gasteiger partial charge on any atom is 0.339 e. The summed E-state index contributed by atoms with van der Waals surface area (Å²) < 4.78 is 5.14. The highest BCUT2D eigenvalue weighted by Crippen LogP contribution is 2.28. The lowest BCUT2D eigenvalue weighted by Crippen LogP contribution is -2.25. The molecule has 0 aliphatic rings. The minimum Gasteiger partial charge on any atom is -0.478 e. The number of para-hydroxylation sites is 1. The highest BCUT2D eigenvalue weighted by atomic mass is 16.5. The van der Waals surface area contributed by atoms with Gasteiger partial charge in [0.25, 0.3) is 0 Å². The number of nitrogens with zero attached hydrogens (tertiary/aromatic N) is 2. The molecule has 0 saturated carbocycles. The summed E-state index contributed by atoms with van der Waals surface area (Å²) in [5.74, 6) is -0.344. The van der Waals surface area contributed by atoms with Gasteiger partial charge in [-0.15, -0.1) is 0 Å². The van der Waals surface area contributed by atoms with Crippen molar-refractivity contribution in [1.82, 2.24) is 5.16 Å². The number of hydrogen-bond acceptors (Lipinski definition) is 4. The largest absolute Gasteiger partial charge is 0.478 e. The van der Waals surface area contributed by atoms with E-state index < -0.39 is 5.97 Å². The second kappa shape index (κ2) is 4.08. The first kappa shape index (κ1) is 11.4. The molecule has 17 heavy (non-hydrogen) atoms. The number of benzene rings is 1. The van der Waals surface area contributed by atoms with E-state index in [1.54, 1.807) is 6.07 Å². The van der Waals surface area contributed by atoms with E-state index in [1.807, 2.05) is 31.9 Å². The molecule has 0 fully saturated rings. The number of hydrogen-bond donors (Lipinski definition) is 1. The van der Waals surface area contributed by atoms with Crippen molar-refractivity contribution in [2.45, 2.75) is 19.9 Å². The van der Waals surface area contributed by atoms with Crippen molar-refractivity contribution >= 4 is 22.8 Å². The highest BCUT2D eigenvalue weighted by Gasteiger charge is 2.19. The number of fused-ring (bicyclic) bond motifs is 1. The first-order chi connectivity index (χ1) is 8.02. The molecule has 0 spiro atoms. The molecule has 1 heterocycles. The number of carbonyl (C=O) groups is 1. The van der Waals surface area contributed by atoms with Crippen molar-refractivity contribution < 1.29 is 14.4 Å². The molecule has 1 aromatic carbocycles. The number of aromatic nitrogens is 1. The van der Waals surface area contributed by atoms with Crippen molar-refractivity contribution in [2.24, 2.45) is 0 Å². The molecule has 5 nitrogen and oxygen atoms in total. The molecule has 0 bridgehead atoms. The molecular weight excluding hydrogens is 220 g/mol. The maximum absolute atomic E-state index is 11.0. The topological polar surface area (TPSA) is 66.6 Å². The van der Waals surface area contributed by atoms with Crippen LogP contribution in [0.5, 0.6) is 0 Å². The Hall–Kier alpha value is -2.04. The van der Waals surface area contributed by atoms with Gasteiger partial charge in [0.15, 0.2) is 11.4 Å². The van der Waals surface area contributed by atoms with Gasteiger partial charge >= 0.3 is 5.97 Å². The van der Waals surface area contributed by atoms with E-state index in [1.165, 1.54) is 6.07 Å². The maximum atomic E-state index is 11.0. The SMILES string of the molecule is CC(C)N(C)c1noc2c(C(=O)O)cccc12. The Morgan fingerprint density at radius 3 is 2.76 bits per heavy atom. The molecule has 2 rings (SSSR count). The Morgan fingerprint density at radius 2 is 2.18 bits per heavy atom. The van der Waals surface area contributed by atoms with Gasteiger partial charge in [-0.25, -0.2) is 4.79 Å². The average molecular weight is 234 g/mol. The summed E-state index contributed by atoms with van der Waals surface area (Å²) in [6.07, 6.45) is 0. The van der Waals surface area contributed by atoms with Gasteiger partial charge in [-0.1, -0.05) is 11.2 Å². The average Bonchev–Trinajstić information content (AvgIpc) is 2.70. The van der Waals surface area contributed by atoms with Gasteiger partial charge in [0, 0.05) is 13.1 Å². The van der Waals surface area contributed by atoms with Crippen LogP contribution < -0.4 is 4.90 Å². The highest BCUT2D eigenvalue weighted by molar-refractivity contribution is 6.03. The van der Waals surface area contributed by atoms with E-state index in [0.29, 0.717) is 11.4 Å². The van der Waals surface area contributed by atoms with Gasteiger partial charge in [-0.05, 0) is 26.0 Å². The van der Waals surface area contributed by atoms with Crippen LogP contribution in [0.1, 0.15) is 24.2 Å². The van der Waals surface area contributed by atoms with Crippen LogP contribution in [0.3, 0.4) is 0 Å². The van der Waals surface area contributed by atoms with Crippen LogP contribution in [0, 0.1) is 0 Å². The number of aromatic carboxylic acids is 1. The minimum absolute atomic E-state index is 0.137. The van der Waals surface area contributed by atoms with Crippen LogP contribution in [-0.4, -0.2) is 29.3 Å². The van der Waals surface area contributed by atoms with Crippen LogP contribution in [0.2, 0.25) is 0 Å². The molecule has 1 N–H and O–H groups in total. The summed E-state index contributed by atoms with van der Waals surface area (Å²) >= 11 is 0. The van der Waals surface area contributed by atoms with Crippen molar-refractivity contribution in [3.8, 4) is 0 Å². The summed E-state index contributed by atoms with van der Waals surface area (Å²) in [6, 6.07) is 5.28. The van der Waals surface area contributed by atoms with Crippen molar-refractivity contribution in [3.05, 3.63) is 23.8 Å². The number of rotatable bonds is 3. The molecule has 0 radical (unpaired) electrons. The monoisotopic (exact) mass is 234 g/mol. The van der Waals surface area contributed by atoms with Crippen molar-refractivity contribution in [2.75, 3.05) is 11.9 Å². The fraction of sp³-hybridized carbons (Fsp3) is 0.333. The van der Waals surface area contributed by atoms with Gasteiger partial charge in [-0.3, -0.25) is 0 Å². The first-order valence-corrected chi connectivity index (χ1v) is 5.37. The fourth-order valence-corrected chi connectivity index (χ4v) is 1.62. The van der Waals surface area contributed by atoms with Crippen molar-refractivity contribution in [3.63, 3.8) is 0 Å². The molecule has 0 saturated heterocycles. The van der Waals surface area contributed by atoms with Gasteiger partial charge in [0.2, 0.25) is 0 Å².